The molecule has 0 radical (unpaired) electrons. The summed E-state index contributed by atoms with van der Waals surface area (Å²) in [6.07, 6.45) is 6.83. The summed E-state index contributed by atoms with van der Waals surface area (Å²) in [5.74, 6) is 0.0535. The first-order valence-corrected chi connectivity index (χ1v) is 12.1. The average molecular weight is 452 g/mol. The zero-order valence-electron chi connectivity index (χ0n) is 18.3. The molecule has 3 aliphatic rings. The molecule has 2 aliphatic heterocycles. The van der Waals surface area contributed by atoms with E-state index in [2.05, 4.69) is 23.1 Å². The molecule has 0 unspecified atom stereocenters. The van der Waals surface area contributed by atoms with Gasteiger partial charge in [0.15, 0.2) is 0 Å². The van der Waals surface area contributed by atoms with Gasteiger partial charge in [-0.05, 0) is 73.8 Å². The summed E-state index contributed by atoms with van der Waals surface area (Å²) < 4.78 is 0. The Balaban J connectivity index is 1.16. The smallest absolute Gasteiger partial charge is 0.255 e. The van der Waals surface area contributed by atoms with Crippen molar-refractivity contribution in [2.24, 2.45) is 5.73 Å². The van der Waals surface area contributed by atoms with Crippen molar-refractivity contribution in [2.75, 3.05) is 13.1 Å². The van der Waals surface area contributed by atoms with Gasteiger partial charge in [0.1, 0.15) is 0 Å². The van der Waals surface area contributed by atoms with Gasteiger partial charge in [-0.1, -0.05) is 35.9 Å². The fourth-order valence-corrected chi connectivity index (χ4v) is 6.18. The number of carbonyl (C=O) groups excluding carboxylic acids is 2. The van der Waals surface area contributed by atoms with Crippen molar-refractivity contribution in [1.82, 2.24) is 9.80 Å². The van der Waals surface area contributed by atoms with Crippen molar-refractivity contribution >= 4 is 23.4 Å². The minimum Gasteiger partial charge on any atom is -0.366 e. The van der Waals surface area contributed by atoms with Crippen molar-refractivity contribution in [1.29, 1.82) is 0 Å². The number of likely N-dealkylation sites (tertiary alicyclic amines) is 1. The summed E-state index contributed by atoms with van der Waals surface area (Å²) in [5.41, 5.74) is 8.67. The highest BCUT2D eigenvalue weighted by molar-refractivity contribution is 6.30. The van der Waals surface area contributed by atoms with E-state index in [9.17, 15) is 9.59 Å². The molecule has 2 amide bonds. The van der Waals surface area contributed by atoms with E-state index in [4.69, 9.17) is 17.3 Å². The first-order chi connectivity index (χ1) is 15.5. The zero-order valence-corrected chi connectivity index (χ0v) is 19.1. The molecular weight excluding hydrogens is 422 g/mol. The molecule has 0 spiro atoms. The van der Waals surface area contributed by atoms with Crippen LogP contribution in [0.15, 0.2) is 42.5 Å². The molecule has 2 fully saturated rings. The summed E-state index contributed by atoms with van der Waals surface area (Å²) >= 11 is 6.19. The first-order valence-electron chi connectivity index (χ1n) is 11.7. The highest BCUT2D eigenvalue weighted by Gasteiger charge is 2.38. The van der Waals surface area contributed by atoms with Gasteiger partial charge in [-0.15, -0.1) is 0 Å². The van der Waals surface area contributed by atoms with Gasteiger partial charge in [0.05, 0.1) is 11.1 Å². The van der Waals surface area contributed by atoms with Gasteiger partial charge in [-0.3, -0.25) is 9.59 Å². The molecule has 168 valence electrons. The van der Waals surface area contributed by atoms with Crippen LogP contribution in [0.4, 0.5) is 0 Å². The third kappa shape index (κ3) is 4.04. The van der Waals surface area contributed by atoms with E-state index in [1.165, 1.54) is 31.2 Å². The summed E-state index contributed by atoms with van der Waals surface area (Å²) in [4.78, 5) is 29.5. The third-order valence-electron chi connectivity index (χ3n) is 7.70. The van der Waals surface area contributed by atoms with Crippen molar-refractivity contribution in [2.45, 2.75) is 63.1 Å². The molecule has 0 atom stereocenters. The van der Waals surface area contributed by atoms with Crippen LogP contribution in [0.5, 0.6) is 0 Å². The highest BCUT2D eigenvalue weighted by Crippen LogP contribution is 2.37. The number of nitrogens with two attached hydrogens (primary N) is 1. The van der Waals surface area contributed by atoms with Crippen molar-refractivity contribution < 1.29 is 9.59 Å². The molecule has 0 bridgehead atoms. The van der Waals surface area contributed by atoms with Gasteiger partial charge in [0, 0.05) is 36.7 Å². The average Bonchev–Trinajstić information content (AvgIpc) is 3.16. The number of halogens is 1. The normalized spacial score (nSPS) is 24.5. The molecule has 1 saturated carbocycles. The SMILES string of the molecule is NC(=O)c1cccc2c1C(=O)N(C1CCN(C3CCC(c4cccc(Cl)c4)CC3)CC1)C2. The number of primary amides is 1. The maximum atomic E-state index is 13.1. The van der Waals surface area contributed by atoms with Gasteiger partial charge in [0.2, 0.25) is 5.91 Å². The maximum Gasteiger partial charge on any atom is 0.255 e. The molecule has 2 heterocycles. The maximum absolute atomic E-state index is 13.1. The second-order valence-corrected chi connectivity index (χ2v) is 9.90. The number of hydrogen-bond acceptors (Lipinski definition) is 3. The van der Waals surface area contributed by atoms with Crippen LogP contribution < -0.4 is 5.73 Å². The third-order valence-corrected chi connectivity index (χ3v) is 7.94. The minimum absolute atomic E-state index is 0.0325. The Kier molecular flexibility index (Phi) is 5.95. The number of carbonyl (C=O) groups is 2. The molecule has 0 aromatic heterocycles. The quantitative estimate of drug-likeness (QED) is 0.739. The minimum atomic E-state index is -0.528. The summed E-state index contributed by atoms with van der Waals surface area (Å²) in [6, 6.07) is 14.6. The summed E-state index contributed by atoms with van der Waals surface area (Å²) in [6.45, 7) is 2.64. The van der Waals surface area contributed by atoms with Gasteiger partial charge in [-0.2, -0.15) is 0 Å². The van der Waals surface area contributed by atoms with Crippen molar-refractivity contribution in [3.8, 4) is 0 Å². The number of benzene rings is 2. The van der Waals surface area contributed by atoms with Crippen LogP contribution in [0, 0.1) is 0 Å². The molecule has 1 aliphatic carbocycles. The lowest BCUT2D eigenvalue weighted by atomic mass is 9.81. The van der Waals surface area contributed by atoms with E-state index in [1.807, 2.05) is 23.1 Å². The lowest BCUT2D eigenvalue weighted by Crippen LogP contribution is -2.49. The van der Waals surface area contributed by atoms with E-state index in [-0.39, 0.29) is 11.9 Å². The molecular formula is C26H30ClN3O2. The molecule has 2 N–H and O–H groups in total. The predicted molar refractivity (Wildman–Crippen MR) is 126 cm³/mol. The van der Waals surface area contributed by atoms with Gasteiger partial charge < -0.3 is 15.5 Å². The van der Waals surface area contributed by atoms with Crippen LogP contribution >= 0.6 is 11.6 Å². The molecule has 2 aromatic rings. The molecule has 5 rings (SSSR count). The molecule has 5 nitrogen and oxygen atoms in total. The molecule has 2 aromatic carbocycles. The fraction of sp³-hybridized carbons (Fsp3) is 0.462. The van der Waals surface area contributed by atoms with Crippen LogP contribution in [-0.2, 0) is 6.54 Å². The lowest BCUT2D eigenvalue weighted by Gasteiger charge is -2.42. The van der Waals surface area contributed by atoms with E-state index in [0.29, 0.717) is 29.6 Å². The van der Waals surface area contributed by atoms with Gasteiger partial charge >= 0.3 is 0 Å². The van der Waals surface area contributed by atoms with E-state index in [0.717, 1.165) is 36.5 Å². The molecule has 1 saturated heterocycles. The Morgan fingerprint density at radius 2 is 1.66 bits per heavy atom. The van der Waals surface area contributed by atoms with E-state index in [1.54, 1.807) is 6.07 Å². The Morgan fingerprint density at radius 1 is 0.938 bits per heavy atom. The van der Waals surface area contributed by atoms with Crippen LogP contribution in [0.25, 0.3) is 0 Å². The fourth-order valence-electron chi connectivity index (χ4n) is 5.98. The molecule has 32 heavy (non-hydrogen) atoms. The lowest BCUT2D eigenvalue weighted by molar-refractivity contribution is 0.0498. The number of rotatable bonds is 4. The number of amides is 2. The predicted octanol–water partition coefficient (Wildman–Crippen LogP) is 4.59. The summed E-state index contributed by atoms with van der Waals surface area (Å²) in [7, 11) is 0. The Bertz CT molecular complexity index is 1020. The van der Waals surface area contributed by atoms with Crippen LogP contribution in [0.3, 0.4) is 0 Å². The standard InChI is InChI=1S/C26H30ClN3O2/c27-20-5-1-3-18(15-20)17-7-9-21(10-8-17)29-13-11-22(12-14-29)30-16-19-4-2-6-23(25(28)31)24(19)26(30)32/h1-6,15,17,21-22H,7-14,16H2,(H2,28,31). The second kappa shape index (κ2) is 8.87. The van der Waals surface area contributed by atoms with E-state index >= 15 is 0 Å². The van der Waals surface area contributed by atoms with Crippen LogP contribution in [-0.4, -0.2) is 46.8 Å². The van der Waals surface area contributed by atoms with Crippen molar-refractivity contribution in [3.05, 3.63) is 69.7 Å². The van der Waals surface area contributed by atoms with Gasteiger partial charge in [-0.25, -0.2) is 0 Å². The monoisotopic (exact) mass is 451 g/mol. The first kappa shape index (κ1) is 21.5. The van der Waals surface area contributed by atoms with Gasteiger partial charge in [0.25, 0.3) is 5.91 Å². The van der Waals surface area contributed by atoms with Crippen molar-refractivity contribution in [3.63, 3.8) is 0 Å². The zero-order chi connectivity index (χ0) is 22.2. The number of fused-ring (bicyclic) bond motifs is 1. The largest absolute Gasteiger partial charge is 0.366 e. The number of piperidine rings is 1. The van der Waals surface area contributed by atoms with E-state index < -0.39 is 5.91 Å². The number of nitrogens with zero attached hydrogens (tertiary/aromatic N) is 2. The van der Waals surface area contributed by atoms with Crippen LogP contribution in [0.1, 0.15) is 76.3 Å². The highest BCUT2D eigenvalue weighted by atomic mass is 35.5. The number of hydrogen-bond donors (Lipinski definition) is 1. The topological polar surface area (TPSA) is 66.6 Å². The second-order valence-electron chi connectivity index (χ2n) is 9.46. The Morgan fingerprint density at radius 3 is 2.34 bits per heavy atom. The summed E-state index contributed by atoms with van der Waals surface area (Å²) in [5, 5.41) is 0.827. The Labute approximate surface area is 194 Å². The molecule has 6 heteroatoms. The Hall–Kier alpha value is -2.37. The van der Waals surface area contributed by atoms with Crippen LogP contribution in [0.2, 0.25) is 5.02 Å².